The van der Waals surface area contributed by atoms with E-state index in [4.69, 9.17) is 14.2 Å². The van der Waals surface area contributed by atoms with Gasteiger partial charge in [-0.05, 0) is 37.3 Å². The van der Waals surface area contributed by atoms with Crippen molar-refractivity contribution < 1.29 is 28.6 Å². The van der Waals surface area contributed by atoms with E-state index in [2.05, 4.69) is 10.6 Å². The van der Waals surface area contributed by atoms with Gasteiger partial charge in [0.05, 0.1) is 14.2 Å². The molecular weight excluding hydrogens is 364 g/mol. The minimum absolute atomic E-state index is 0.343. The van der Waals surface area contributed by atoms with Gasteiger partial charge in [0.15, 0.2) is 6.10 Å². The van der Waals surface area contributed by atoms with Crippen molar-refractivity contribution in [2.24, 2.45) is 0 Å². The highest BCUT2D eigenvalue weighted by molar-refractivity contribution is 5.97. The van der Waals surface area contributed by atoms with Crippen LogP contribution in [0.2, 0.25) is 0 Å². The second kappa shape index (κ2) is 9.96. The lowest BCUT2D eigenvalue weighted by atomic mass is 10.2. The summed E-state index contributed by atoms with van der Waals surface area (Å²) in [6, 6.07) is 13.3. The molecule has 2 aromatic carbocycles. The Balaban J connectivity index is 1.82. The fraction of sp³-hybridized carbons (Fsp3) is 0.250. The number of carbonyl (C=O) groups excluding carboxylic acids is 3. The van der Waals surface area contributed by atoms with Crippen LogP contribution in [-0.4, -0.2) is 44.7 Å². The lowest BCUT2D eigenvalue weighted by molar-refractivity contribution is -0.152. The summed E-state index contributed by atoms with van der Waals surface area (Å²) in [5.74, 6) is -0.574. The van der Waals surface area contributed by atoms with Gasteiger partial charge < -0.3 is 24.8 Å². The SMILES string of the molecule is COc1cccc(NC(=O)[C@@H](C)OC(=O)CNC(=O)c2cccc(OC)c2)c1. The highest BCUT2D eigenvalue weighted by atomic mass is 16.5. The number of methoxy groups -OCH3 is 2. The third-order valence-corrected chi connectivity index (χ3v) is 3.74. The number of nitrogens with one attached hydrogen (secondary N) is 2. The molecule has 0 unspecified atom stereocenters. The summed E-state index contributed by atoms with van der Waals surface area (Å²) >= 11 is 0. The Morgan fingerprint density at radius 3 is 2.29 bits per heavy atom. The molecule has 0 spiro atoms. The van der Waals surface area contributed by atoms with E-state index in [9.17, 15) is 14.4 Å². The predicted octanol–water partition coefficient (Wildman–Crippen LogP) is 2.00. The summed E-state index contributed by atoms with van der Waals surface area (Å²) < 4.78 is 15.2. The molecule has 0 bridgehead atoms. The number of benzene rings is 2. The molecule has 0 aliphatic heterocycles. The first kappa shape index (κ1) is 20.8. The first-order valence-electron chi connectivity index (χ1n) is 8.49. The Kier molecular flexibility index (Phi) is 7.38. The van der Waals surface area contributed by atoms with Gasteiger partial charge in [-0.25, -0.2) is 0 Å². The summed E-state index contributed by atoms with van der Waals surface area (Å²) in [5, 5.41) is 5.07. The number of amides is 2. The third kappa shape index (κ3) is 6.01. The number of anilines is 1. The van der Waals surface area contributed by atoms with Crippen molar-refractivity contribution in [2.45, 2.75) is 13.0 Å². The van der Waals surface area contributed by atoms with Gasteiger partial charge in [0, 0.05) is 17.3 Å². The van der Waals surface area contributed by atoms with Crippen LogP contribution in [0.1, 0.15) is 17.3 Å². The average Bonchev–Trinajstić information content (AvgIpc) is 2.72. The lowest BCUT2D eigenvalue weighted by Gasteiger charge is -2.14. The number of ether oxygens (including phenoxy) is 3. The van der Waals surface area contributed by atoms with E-state index in [1.54, 1.807) is 48.5 Å². The van der Waals surface area contributed by atoms with Gasteiger partial charge in [0.25, 0.3) is 11.8 Å². The Labute approximate surface area is 162 Å². The molecule has 8 nitrogen and oxygen atoms in total. The van der Waals surface area contributed by atoms with Crippen LogP contribution in [0.5, 0.6) is 11.5 Å². The molecule has 0 aromatic heterocycles. The third-order valence-electron chi connectivity index (χ3n) is 3.74. The summed E-state index contributed by atoms with van der Waals surface area (Å²) in [5.41, 5.74) is 0.856. The van der Waals surface area contributed by atoms with E-state index in [0.29, 0.717) is 22.7 Å². The van der Waals surface area contributed by atoms with Gasteiger partial charge in [0.1, 0.15) is 18.0 Å². The maximum atomic E-state index is 12.1. The molecule has 0 aliphatic rings. The van der Waals surface area contributed by atoms with E-state index in [1.807, 2.05) is 0 Å². The quantitative estimate of drug-likeness (QED) is 0.673. The second-order valence-electron chi connectivity index (χ2n) is 5.77. The van der Waals surface area contributed by atoms with E-state index in [0.717, 1.165) is 0 Å². The topological polar surface area (TPSA) is 103 Å². The van der Waals surface area contributed by atoms with Crippen LogP contribution in [-0.2, 0) is 14.3 Å². The van der Waals surface area contributed by atoms with Crippen molar-refractivity contribution in [3.63, 3.8) is 0 Å². The molecule has 2 aromatic rings. The van der Waals surface area contributed by atoms with Crippen molar-refractivity contribution in [2.75, 3.05) is 26.1 Å². The van der Waals surface area contributed by atoms with Crippen LogP contribution in [0.4, 0.5) is 5.69 Å². The minimum Gasteiger partial charge on any atom is -0.497 e. The van der Waals surface area contributed by atoms with Gasteiger partial charge in [-0.15, -0.1) is 0 Å². The number of hydrogen-bond donors (Lipinski definition) is 2. The molecule has 0 aliphatic carbocycles. The van der Waals surface area contributed by atoms with E-state index in [1.165, 1.54) is 21.1 Å². The summed E-state index contributed by atoms with van der Waals surface area (Å²) in [4.78, 5) is 36.1. The molecular formula is C20H22N2O6. The number of hydrogen-bond acceptors (Lipinski definition) is 6. The molecule has 2 N–H and O–H groups in total. The predicted molar refractivity (Wildman–Crippen MR) is 103 cm³/mol. The maximum absolute atomic E-state index is 12.1. The monoisotopic (exact) mass is 386 g/mol. The minimum atomic E-state index is -1.03. The molecule has 28 heavy (non-hydrogen) atoms. The van der Waals surface area contributed by atoms with Crippen molar-refractivity contribution in [3.8, 4) is 11.5 Å². The van der Waals surface area contributed by atoms with Crippen LogP contribution in [0, 0.1) is 0 Å². The molecule has 1 atom stereocenters. The zero-order valence-corrected chi connectivity index (χ0v) is 15.9. The fourth-order valence-corrected chi connectivity index (χ4v) is 2.26. The van der Waals surface area contributed by atoms with Crippen molar-refractivity contribution in [3.05, 3.63) is 54.1 Å². The Morgan fingerprint density at radius 1 is 0.964 bits per heavy atom. The largest absolute Gasteiger partial charge is 0.497 e. The van der Waals surface area contributed by atoms with E-state index in [-0.39, 0.29) is 6.54 Å². The van der Waals surface area contributed by atoms with Crippen molar-refractivity contribution in [1.29, 1.82) is 0 Å². The van der Waals surface area contributed by atoms with Crippen LogP contribution in [0.15, 0.2) is 48.5 Å². The summed E-state index contributed by atoms with van der Waals surface area (Å²) in [6.45, 7) is 1.07. The van der Waals surface area contributed by atoms with Gasteiger partial charge >= 0.3 is 5.97 Å². The standard InChI is InChI=1S/C20H22N2O6/c1-13(19(24)22-15-7-5-9-17(11-15)27-3)28-18(23)12-21-20(25)14-6-4-8-16(10-14)26-2/h4-11,13H,12H2,1-3H3,(H,21,25)(H,22,24)/t13-/m1/s1. The van der Waals surface area contributed by atoms with E-state index >= 15 is 0 Å². The molecule has 2 amide bonds. The summed E-state index contributed by atoms with van der Waals surface area (Å²) in [7, 11) is 3.01. The average molecular weight is 386 g/mol. The normalized spacial score (nSPS) is 11.1. The highest BCUT2D eigenvalue weighted by Gasteiger charge is 2.19. The maximum Gasteiger partial charge on any atom is 0.326 e. The number of carbonyl (C=O) groups is 3. The van der Waals surface area contributed by atoms with Gasteiger partial charge in [-0.3, -0.25) is 14.4 Å². The molecule has 0 radical (unpaired) electrons. The zero-order valence-electron chi connectivity index (χ0n) is 15.9. The molecule has 2 rings (SSSR count). The molecule has 0 saturated heterocycles. The first-order valence-corrected chi connectivity index (χ1v) is 8.49. The van der Waals surface area contributed by atoms with E-state index < -0.39 is 23.9 Å². The zero-order chi connectivity index (χ0) is 20.5. The lowest BCUT2D eigenvalue weighted by Crippen LogP contribution is -2.35. The van der Waals surface area contributed by atoms with Crippen LogP contribution >= 0.6 is 0 Å². The molecule has 8 heteroatoms. The van der Waals surface area contributed by atoms with Gasteiger partial charge in [0.2, 0.25) is 0 Å². The highest BCUT2D eigenvalue weighted by Crippen LogP contribution is 2.17. The smallest absolute Gasteiger partial charge is 0.326 e. The van der Waals surface area contributed by atoms with Gasteiger partial charge in [-0.2, -0.15) is 0 Å². The molecule has 0 heterocycles. The molecule has 0 fully saturated rings. The second-order valence-corrected chi connectivity index (χ2v) is 5.77. The first-order chi connectivity index (χ1) is 13.4. The number of esters is 1. The number of rotatable bonds is 8. The van der Waals surface area contributed by atoms with Crippen LogP contribution < -0.4 is 20.1 Å². The molecule has 0 saturated carbocycles. The Hall–Kier alpha value is -3.55. The van der Waals surface area contributed by atoms with Crippen molar-refractivity contribution >= 4 is 23.5 Å². The molecule has 148 valence electrons. The summed E-state index contributed by atoms with van der Waals surface area (Å²) in [6.07, 6.45) is -1.03. The fourth-order valence-electron chi connectivity index (χ4n) is 2.26. The van der Waals surface area contributed by atoms with Crippen molar-refractivity contribution in [1.82, 2.24) is 5.32 Å². The van der Waals surface area contributed by atoms with Crippen LogP contribution in [0.3, 0.4) is 0 Å². The van der Waals surface area contributed by atoms with Gasteiger partial charge in [-0.1, -0.05) is 12.1 Å². The Morgan fingerprint density at radius 2 is 1.61 bits per heavy atom. The Bertz CT molecular complexity index is 852. The van der Waals surface area contributed by atoms with Crippen LogP contribution in [0.25, 0.3) is 0 Å².